The molecule has 2 aromatic carbocycles. The molecule has 0 saturated carbocycles. The highest BCUT2D eigenvalue weighted by Crippen LogP contribution is 2.27. The third-order valence-electron chi connectivity index (χ3n) is 4.34. The zero-order chi connectivity index (χ0) is 20.9. The van der Waals surface area contributed by atoms with Gasteiger partial charge < -0.3 is 14.8 Å². The summed E-state index contributed by atoms with van der Waals surface area (Å²) in [6, 6.07) is 15.5. The molecule has 9 heteroatoms. The van der Waals surface area contributed by atoms with Gasteiger partial charge >= 0.3 is 0 Å². The summed E-state index contributed by atoms with van der Waals surface area (Å²) in [6.07, 6.45) is 0. The van der Waals surface area contributed by atoms with Crippen LogP contribution in [0.4, 0.5) is 10.8 Å². The van der Waals surface area contributed by atoms with Gasteiger partial charge in [-0.2, -0.15) is 9.36 Å². The lowest BCUT2D eigenvalue weighted by Gasteiger charge is -2.06. The third-order valence-corrected chi connectivity index (χ3v) is 4.97. The van der Waals surface area contributed by atoms with E-state index in [-0.39, 0.29) is 0 Å². The number of anilines is 2. The van der Waals surface area contributed by atoms with Crippen LogP contribution in [0, 0.1) is 6.92 Å². The molecule has 0 unspecified atom stereocenters. The van der Waals surface area contributed by atoms with Crippen LogP contribution in [0.2, 0.25) is 0 Å². The van der Waals surface area contributed by atoms with Gasteiger partial charge in [0, 0.05) is 17.2 Å². The monoisotopic (exact) mass is 422 g/mol. The van der Waals surface area contributed by atoms with E-state index in [0.717, 1.165) is 28.6 Å². The third kappa shape index (κ3) is 4.25. The van der Waals surface area contributed by atoms with Crippen LogP contribution in [0.5, 0.6) is 11.5 Å². The molecule has 2 aromatic heterocycles. The number of rotatable bonds is 8. The van der Waals surface area contributed by atoms with E-state index in [1.807, 2.05) is 69.3 Å². The zero-order valence-electron chi connectivity index (χ0n) is 17.0. The number of hydrogen-bond donors (Lipinski definition) is 1. The molecule has 0 radical (unpaired) electrons. The zero-order valence-corrected chi connectivity index (χ0v) is 17.8. The van der Waals surface area contributed by atoms with Crippen LogP contribution in [0.3, 0.4) is 0 Å². The van der Waals surface area contributed by atoms with Crippen molar-refractivity contribution in [2.75, 3.05) is 18.5 Å². The first-order valence-corrected chi connectivity index (χ1v) is 10.4. The van der Waals surface area contributed by atoms with Crippen molar-refractivity contribution in [1.82, 2.24) is 24.4 Å². The summed E-state index contributed by atoms with van der Waals surface area (Å²) >= 11 is 1.28. The van der Waals surface area contributed by atoms with Crippen molar-refractivity contribution in [2.24, 2.45) is 0 Å². The van der Waals surface area contributed by atoms with Crippen LogP contribution in [0.15, 0.2) is 48.5 Å². The molecule has 0 amide bonds. The predicted octanol–water partition coefficient (Wildman–Crippen LogP) is 4.64. The first kappa shape index (κ1) is 19.8. The van der Waals surface area contributed by atoms with E-state index in [2.05, 4.69) is 25.0 Å². The Kier molecular flexibility index (Phi) is 5.89. The maximum absolute atomic E-state index is 5.49. The number of benzene rings is 2. The van der Waals surface area contributed by atoms with Gasteiger partial charge in [-0.1, -0.05) is 5.21 Å². The molecule has 0 atom stereocenters. The van der Waals surface area contributed by atoms with Gasteiger partial charge in [0.25, 0.3) is 0 Å². The van der Waals surface area contributed by atoms with Gasteiger partial charge in [0.15, 0.2) is 11.5 Å². The number of ether oxygens (including phenoxy) is 2. The lowest BCUT2D eigenvalue weighted by Crippen LogP contribution is -1.99. The second kappa shape index (κ2) is 8.91. The van der Waals surface area contributed by atoms with E-state index in [0.29, 0.717) is 29.9 Å². The van der Waals surface area contributed by atoms with E-state index in [1.54, 1.807) is 4.68 Å². The molecule has 2 heterocycles. The summed E-state index contributed by atoms with van der Waals surface area (Å²) in [5.41, 5.74) is 3.33. The molecule has 0 bridgehead atoms. The molecular formula is C21H22N6O2S. The highest BCUT2D eigenvalue weighted by Gasteiger charge is 2.17. The van der Waals surface area contributed by atoms with E-state index in [4.69, 9.17) is 9.47 Å². The smallest absolute Gasteiger partial charge is 0.207 e. The van der Waals surface area contributed by atoms with Gasteiger partial charge in [-0.05, 0) is 69.3 Å². The lowest BCUT2D eigenvalue weighted by molar-refractivity contribution is 0.340. The SMILES string of the molecule is CCOc1ccc(Nc2nc(-c3nnn(-c4ccc(OCC)cc4)c3C)ns2)cc1. The van der Waals surface area contributed by atoms with Crippen molar-refractivity contribution in [1.29, 1.82) is 0 Å². The Hall–Kier alpha value is -3.46. The molecule has 0 aliphatic heterocycles. The Labute approximate surface area is 178 Å². The van der Waals surface area contributed by atoms with Crippen LogP contribution in [0.25, 0.3) is 17.2 Å². The molecule has 30 heavy (non-hydrogen) atoms. The summed E-state index contributed by atoms with van der Waals surface area (Å²) in [7, 11) is 0. The average molecular weight is 423 g/mol. The molecule has 0 spiro atoms. The van der Waals surface area contributed by atoms with Crippen molar-refractivity contribution >= 4 is 22.4 Å². The van der Waals surface area contributed by atoms with Crippen LogP contribution in [-0.4, -0.2) is 37.6 Å². The lowest BCUT2D eigenvalue weighted by atomic mass is 10.2. The molecule has 0 fully saturated rings. The summed E-state index contributed by atoms with van der Waals surface area (Å²) in [6.45, 7) is 7.15. The summed E-state index contributed by atoms with van der Waals surface area (Å²) in [4.78, 5) is 4.57. The molecule has 154 valence electrons. The molecule has 1 N–H and O–H groups in total. The van der Waals surface area contributed by atoms with Crippen molar-refractivity contribution in [3.8, 4) is 28.7 Å². The summed E-state index contributed by atoms with van der Waals surface area (Å²) in [5, 5.41) is 12.5. The number of hydrogen-bond acceptors (Lipinski definition) is 8. The number of nitrogens with zero attached hydrogens (tertiary/aromatic N) is 5. The molecule has 0 aliphatic rings. The summed E-state index contributed by atoms with van der Waals surface area (Å²) in [5.74, 6) is 2.20. The van der Waals surface area contributed by atoms with E-state index in [1.165, 1.54) is 11.5 Å². The van der Waals surface area contributed by atoms with Crippen molar-refractivity contribution in [3.63, 3.8) is 0 Å². The van der Waals surface area contributed by atoms with Gasteiger partial charge in [-0.25, -0.2) is 4.68 Å². The van der Waals surface area contributed by atoms with Crippen molar-refractivity contribution in [3.05, 3.63) is 54.2 Å². The van der Waals surface area contributed by atoms with E-state index < -0.39 is 0 Å². The molecule has 4 aromatic rings. The standard InChI is InChI=1S/C21H22N6O2S/c1-4-28-17-10-6-15(7-11-17)22-21-23-20(25-30-21)19-14(3)27(26-24-19)16-8-12-18(13-9-16)29-5-2/h6-13H,4-5H2,1-3H3,(H,22,23,25). The minimum Gasteiger partial charge on any atom is -0.494 e. The van der Waals surface area contributed by atoms with Crippen LogP contribution < -0.4 is 14.8 Å². The molecule has 8 nitrogen and oxygen atoms in total. The summed E-state index contributed by atoms with van der Waals surface area (Å²) < 4.78 is 17.2. The molecule has 0 aliphatic carbocycles. The van der Waals surface area contributed by atoms with Gasteiger partial charge in [0.2, 0.25) is 5.13 Å². The maximum Gasteiger partial charge on any atom is 0.207 e. The minimum atomic E-state index is 0.545. The highest BCUT2D eigenvalue weighted by atomic mass is 32.1. The van der Waals surface area contributed by atoms with E-state index >= 15 is 0 Å². The Morgan fingerprint density at radius 2 is 1.57 bits per heavy atom. The number of aromatic nitrogens is 5. The Balaban J connectivity index is 1.51. The Morgan fingerprint density at radius 1 is 0.933 bits per heavy atom. The van der Waals surface area contributed by atoms with Crippen molar-refractivity contribution < 1.29 is 9.47 Å². The quantitative estimate of drug-likeness (QED) is 0.443. The topological polar surface area (TPSA) is 87.0 Å². The fourth-order valence-corrected chi connectivity index (χ4v) is 3.52. The van der Waals surface area contributed by atoms with Crippen molar-refractivity contribution in [2.45, 2.75) is 20.8 Å². The average Bonchev–Trinajstić information content (AvgIpc) is 3.37. The largest absolute Gasteiger partial charge is 0.494 e. The Bertz CT molecular complexity index is 1110. The highest BCUT2D eigenvalue weighted by molar-refractivity contribution is 7.09. The van der Waals surface area contributed by atoms with Crippen LogP contribution in [-0.2, 0) is 0 Å². The first-order chi connectivity index (χ1) is 14.7. The second-order valence-electron chi connectivity index (χ2n) is 6.37. The normalized spacial score (nSPS) is 10.8. The van der Waals surface area contributed by atoms with Gasteiger partial charge in [-0.15, -0.1) is 5.10 Å². The van der Waals surface area contributed by atoms with Gasteiger partial charge in [0.05, 0.1) is 24.6 Å². The minimum absolute atomic E-state index is 0.545. The number of nitrogens with one attached hydrogen (secondary N) is 1. The molecular weight excluding hydrogens is 400 g/mol. The maximum atomic E-state index is 5.49. The molecule has 0 saturated heterocycles. The fourth-order valence-electron chi connectivity index (χ4n) is 2.93. The van der Waals surface area contributed by atoms with Crippen LogP contribution >= 0.6 is 11.5 Å². The fraction of sp³-hybridized carbons (Fsp3) is 0.238. The molecule has 4 rings (SSSR count). The van der Waals surface area contributed by atoms with Crippen LogP contribution in [0.1, 0.15) is 19.5 Å². The predicted molar refractivity (Wildman–Crippen MR) is 117 cm³/mol. The van der Waals surface area contributed by atoms with E-state index in [9.17, 15) is 0 Å². The second-order valence-corrected chi connectivity index (χ2v) is 7.12. The van der Waals surface area contributed by atoms with Gasteiger partial charge in [-0.3, -0.25) is 0 Å². The van der Waals surface area contributed by atoms with Gasteiger partial charge in [0.1, 0.15) is 11.5 Å². The first-order valence-electron chi connectivity index (χ1n) is 9.67. The Morgan fingerprint density at radius 3 is 2.20 bits per heavy atom.